The van der Waals surface area contributed by atoms with Crippen molar-refractivity contribution in [3.63, 3.8) is 0 Å². The lowest BCUT2D eigenvalue weighted by Crippen LogP contribution is -2.36. The lowest BCUT2D eigenvalue weighted by molar-refractivity contribution is -0.121. The third-order valence-electron chi connectivity index (χ3n) is 4.90. The number of para-hydroxylation sites is 1. The average molecular weight is 309 g/mol. The van der Waals surface area contributed by atoms with Gasteiger partial charge in [0, 0.05) is 34.9 Å². The van der Waals surface area contributed by atoms with Crippen LogP contribution in [0.2, 0.25) is 0 Å². The zero-order valence-corrected chi connectivity index (χ0v) is 13.3. The van der Waals surface area contributed by atoms with Crippen LogP contribution in [-0.2, 0) is 4.79 Å². The fourth-order valence-electron chi connectivity index (χ4n) is 3.89. The number of carbonyl (C=O) groups is 1. The first kappa shape index (κ1) is 14.2. The zero-order valence-electron chi connectivity index (χ0n) is 13.3. The number of hydrogen-bond donors (Lipinski definition) is 1. The summed E-state index contributed by atoms with van der Waals surface area (Å²) < 4.78 is 5.56. The second kappa shape index (κ2) is 5.33. The first-order valence-corrected chi connectivity index (χ1v) is 7.98. The number of ketones is 1. The zero-order chi connectivity index (χ0) is 16.0. The van der Waals surface area contributed by atoms with Gasteiger partial charge in [0.1, 0.15) is 11.5 Å². The average Bonchev–Trinajstić information content (AvgIpc) is 2.94. The Labute approximate surface area is 134 Å². The number of aliphatic imine (C=N–C) groups is 1. The van der Waals surface area contributed by atoms with Crippen molar-refractivity contribution in [1.29, 1.82) is 0 Å². The minimum absolute atomic E-state index is 0.0693. The standard InChI is InChI=1S/C18H19N3O2/c1-10-15-16(11-6-3-4-9-14(11)23-2)17-12(7-5-8-13(17)22)19-18(15)21-20-10/h3-4,6,9,16-17H,5,7-8H2,1-2H3,(H,20,21). The van der Waals surface area contributed by atoms with Crippen molar-refractivity contribution in [2.75, 3.05) is 7.11 Å². The molecule has 1 aromatic carbocycles. The maximum atomic E-state index is 12.7. The van der Waals surface area contributed by atoms with E-state index in [4.69, 9.17) is 4.74 Å². The summed E-state index contributed by atoms with van der Waals surface area (Å²) in [5, 5.41) is 7.37. The predicted octanol–water partition coefficient (Wildman–Crippen LogP) is 3.31. The predicted molar refractivity (Wildman–Crippen MR) is 87.6 cm³/mol. The molecule has 0 bridgehead atoms. The Hall–Kier alpha value is -2.43. The number of aromatic amines is 1. The molecule has 1 saturated carbocycles. The van der Waals surface area contributed by atoms with E-state index in [-0.39, 0.29) is 17.6 Å². The number of aromatic nitrogens is 2. The summed E-state index contributed by atoms with van der Waals surface area (Å²) in [6.45, 7) is 1.99. The van der Waals surface area contributed by atoms with Gasteiger partial charge in [-0.25, -0.2) is 4.99 Å². The number of rotatable bonds is 2. The number of ether oxygens (including phenoxy) is 1. The van der Waals surface area contributed by atoms with Gasteiger partial charge in [0.05, 0.1) is 13.0 Å². The monoisotopic (exact) mass is 309 g/mol. The summed E-state index contributed by atoms with van der Waals surface area (Å²) in [7, 11) is 1.67. The third kappa shape index (κ3) is 2.11. The molecule has 1 fully saturated rings. The van der Waals surface area contributed by atoms with Crippen molar-refractivity contribution in [3.8, 4) is 5.75 Å². The Morgan fingerprint density at radius 1 is 1.22 bits per heavy atom. The number of nitrogens with zero attached hydrogens (tertiary/aromatic N) is 2. The molecule has 0 radical (unpaired) electrons. The molecule has 2 unspecified atom stereocenters. The van der Waals surface area contributed by atoms with Crippen LogP contribution in [0.5, 0.6) is 5.75 Å². The molecule has 0 saturated heterocycles. The van der Waals surface area contributed by atoms with Crippen LogP contribution >= 0.6 is 0 Å². The highest BCUT2D eigenvalue weighted by Gasteiger charge is 2.43. The Morgan fingerprint density at radius 2 is 2.04 bits per heavy atom. The van der Waals surface area contributed by atoms with Gasteiger partial charge in [0.15, 0.2) is 5.82 Å². The highest BCUT2D eigenvalue weighted by molar-refractivity contribution is 6.10. The van der Waals surface area contributed by atoms with E-state index in [1.165, 1.54) is 0 Å². The molecular formula is C18H19N3O2. The fraction of sp³-hybridized carbons (Fsp3) is 0.389. The van der Waals surface area contributed by atoms with E-state index >= 15 is 0 Å². The van der Waals surface area contributed by atoms with E-state index in [0.29, 0.717) is 6.42 Å². The second-order valence-electron chi connectivity index (χ2n) is 6.21. The molecule has 5 heteroatoms. The first-order valence-electron chi connectivity index (χ1n) is 7.98. The summed E-state index contributed by atoms with van der Waals surface area (Å²) in [4.78, 5) is 17.4. The number of nitrogens with one attached hydrogen (secondary N) is 1. The summed E-state index contributed by atoms with van der Waals surface area (Å²) in [6, 6.07) is 7.94. The van der Waals surface area contributed by atoms with Gasteiger partial charge in [0.25, 0.3) is 0 Å². The highest BCUT2D eigenvalue weighted by Crippen LogP contribution is 2.48. The lowest BCUT2D eigenvalue weighted by Gasteiger charge is -2.34. The van der Waals surface area contributed by atoms with Gasteiger partial charge in [-0.1, -0.05) is 18.2 Å². The molecule has 1 aliphatic carbocycles. The Kier molecular flexibility index (Phi) is 3.29. The van der Waals surface area contributed by atoms with Crippen LogP contribution in [-0.4, -0.2) is 28.8 Å². The minimum atomic E-state index is -0.191. The minimum Gasteiger partial charge on any atom is -0.496 e. The maximum absolute atomic E-state index is 12.7. The van der Waals surface area contributed by atoms with Crippen molar-refractivity contribution in [2.45, 2.75) is 32.1 Å². The number of benzene rings is 1. The first-order chi connectivity index (χ1) is 11.2. The summed E-state index contributed by atoms with van der Waals surface area (Å²) in [6.07, 6.45) is 2.38. The number of carbonyl (C=O) groups excluding carboxylic acids is 1. The van der Waals surface area contributed by atoms with Gasteiger partial charge in [0.2, 0.25) is 0 Å². The van der Waals surface area contributed by atoms with Crippen LogP contribution in [0.3, 0.4) is 0 Å². The van der Waals surface area contributed by atoms with Gasteiger partial charge in [-0.3, -0.25) is 9.89 Å². The Balaban J connectivity index is 1.96. The van der Waals surface area contributed by atoms with Gasteiger partial charge >= 0.3 is 0 Å². The summed E-state index contributed by atoms with van der Waals surface area (Å²) in [5.74, 6) is 1.55. The van der Waals surface area contributed by atoms with Crippen molar-refractivity contribution in [2.24, 2.45) is 10.9 Å². The van der Waals surface area contributed by atoms with Crippen molar-refractivity contribution < 1.29 is 9.53 Å². The van der Waals surface area contributed by atoms with Crippen LogP contribution in [0, 0.1) is 12.8 Å². The normalized spacial score (nSPS) is 23.0. The Morgan fingerprint density at radius 3 is 2.87 bits per heavy atom. The number of fused-ring (bicyclic) bond motifs is 2. The molecule has 2 aromatic rings. The summed E-state index contributed by atoms with van der Waals surface area (Å²) in [5.41, 5.74) is 4.00. The topological polar surface area (TPSA) is 67.3 Å². The quantitative estimate of drug-likeness (QED) is 0.925. The van der Waals surface area contributed by atoms with Crippen molar-refractivity contribution in [1.82, 2.24) is 10.2 Å². The largest absolute Gasteiger partial charge is 0.496 e. The van der Waals surface area contributed by atoms with Crippen LogP contribution in [0.4, 0.5) is 5.82 Å². The van der Waals surface area contributed by atoms with E-state index in [0.717, 1.165) is 46.9 Å². The number of methoxy groups -OCH3 is 1. The highest BCUT2D eigenvalue weighted by atomic mass is 16.5. The lowest BCUT2D eigenvalue weighted by atomic mass is 9.70. The molecule has 0 spiro atoms. The van der Waals surface area contributed by atoms with Gasteiger partial charge in [-0.05, 0) is 25.8 Å². The smallest absolute Gasteiger partial charge is 0.177 e. The van der Waals surface area contributed by atoms with Gasteiger partial charge in [-0.15, -0.1) is 0 Å². The summed E-state index contributed by atoms with van der Waals surface area (Å²) >= 11 is 0. The third-order valence-corrected chi connectivity index (χ3v) is 4.90. The SMILES string of the molecule is COc1ccccc1C1c2c(n[nH]c2C)N=C2CCCC(=O)C21. The number of H-pyrrole nitrogens is 1. The molecule has 2 atom stereocenters. The molecule has 23 heavy (non-hydrogen) atoms. The van der Waals surface area contributed by atoms with Gasteiger partial charge in [-0.2, -0.15) is 5.10 Å². The molecule has 2 aliphatic rings. The molecular weight excluding hydrogens is 290 g/mol. The number of aryl methyl sites for hydroxylation is 1. The Bertz CT molecular complexity index is 806. The van der Waals surface area contributed by atoms with E-state index in [1.807, 2.05) is 31.2 Å². The molecule has 118 valence electrons. The maximum Gasteiger partial charge on any atom is 0.177 e. The van der Waals surface area contributed by atoms with Crippen LogP contribution in [0.1, 0.15) is 42.0 Å². The van der Waals surface area contributed by atoms with Crippen molar-refractivity contribution >= 4 is 17.3 Å². The van der Waals surface area contributed by atoms with E-state index in [1.54, 1.807) is 7.11 Å². The molecule has 2 heterocycles. The number of Topliss-reactive ketones (excluding diaryl/α,β-unsaturated/α-hetero) is 1. The molecule has 1 aromatic heterocycles. The van der Waals surface area contributed by atoms with Crippen LogP contribution in [0.25, 0.3) is 0 Å². The van der Waals surface area contributed by atoms with Gasteiger partial charge < -0.3 is 4.74 Å². The second-order valence-corrected chi connectivity index (χ2v) is 6.21. The van der Waals surface area contributed by atoms with Crippen LogP contribution < -0.4 is 4.74 Å². The molecule has 1 N–H and O–H groups in total. The molecule has 1 aliphatic heterocycles. The van der Waals surface area contributed by atoms with E-state index in [2.05, 4.69) is 15.2 Å². The van der Waals surface area contributed by atoms with Crippen LogP contribution in [0.15, 0.2) is 29.3 Å². The number of hydrogen-bond acceptors (Lipinski definition) is 4. The molecule has 5 nitrogen and oxygen atoms in total. The van der Waals surface area contributed by atoms with E-state index in [9.17, 15) is 4.79 Å². The molecule has 4 rings (SSSR count). The van der Waals surface area contributed by atoms with E-state index < -0.39 is 0 Å². The van der Waals surface area contributed by atoms with Crippen molar-refractivity contribution in [3.05, 3.63) is 41.1 Å². The molecule has 0 amide bonds. The fourth-order valence-corrected chi connectivity index (χ4v) is 3.89.